The molecule has 10 heteroatoms. The van der Waals surface area contributed by atoms with E-state index in [2.05, 4.69) is 33.1 Å². The van der Waals surface area contributed by atoms with Crippen LogP contribution in [0.2, 0.25) is 0 Å². The smallest absolute Gasteiger partial charge is 0.267 e. The monoisotopic (exact) mass is 546 g/mol. The first-order valence-corrected chi connectivity index (χ1v) is 12.4. The Labute approximate surface area is 233 Å². The van der Waals surface area contributed by atoms with Gasteiger partial charge in [-0.05, 0) is 56.3 Å². The highest BCUT2D eigenvalue weighted by atomic mass is 35.5. The normalized spacial score (nSPS) is 14.9. The van der Waals surface area contributed by atoms with E-state index in [9.17, 15) is 10.1 Å². The topological polar surface area (TPSA) is 128 Å². The molecule has 1 atom stereocenters. The third-order valence-electron chi connectivity index (χ3n) is 6.66. The molecule has 0 amide bonds. The number of aromatic nitrogens is 4. The maximum Gasteiger partial charge on any atom is 0.267 e. The average Bonchev–Trinajstić information content (AvgIpc) is 2.94. The molecule has 1 aliphatic rings. The van der Waals surface area contributed by atoms with Gasteiger partial charge in [0.25, 0.3) is 5.56 Å². The molecule has 1 saturated heterocycles. The van der Waals surface area contributed by atoms with Crippen molar-refractivity contribution in [2.45, 2.75) is 31.8 Å². The molecule has 0 bridgehead atoms. The van der Waals surface area contributed by atoms with E-state index >= 15 is 0 Å². The summed E-state index contributed by atoms with van der Waals surface area (Å²) in [6.45, 7) is 2.05. The van der Waals surface area contributed by atoms with Crippen molar-refractivity contribution in [1.29, 1.82) is 5.26 Å². The van der Waals surface area contributed by atoms with Gasteiger partial charge in [0.1, 0.15) is 6.61 Å². The molecule has 0 aliphatic carbocycles. The van der Waals surface area contributed by atoms with Crippen LogP contribution in [0.3, 0.4) is 0 Å². The predicted octanol–water partition coefficient (Wildman–Crippen LogP) is 3.75. The Morgan fingerprint density at radius 2 is 1.79 bits per heavy atom. The van der Waals surface area contributed by atoms with Crippen LogP contribution < -0.4 is 10.3 Å². The van der Waals surface area contributed by atoms with E-state index in [1.807, 2.05) is 30.3 Å². The minimum Gasteiger partial charge on any atom is -0.489 e. The van der Waals surface area contributed by atoms with Gasteiger partial charge in [0.05, 0.1) is 36.3 Å². The Bertz CT molecular complexity index is 1490. The van der Waals surface area contributed by atoms with Crippen LogP contribution >= 0.6 is 12.4 Å². The van der Waals surface area contributed by atoms with E-state index in [0.29, 0.717) is 42.0 Å². The third-order valence-corrected chi connectivity index (χ3v) is 6.66. The molecule has 5 rings (SSSR count). The lowest BCUT2D eigenvalue weighted by Crippen LogP contribution is -2.40. The minimum atomic E-state index is -0.202. The lowest BCUT2D eigenvalue weighted by molar-refractivity contribution is 0.124. The van der Waals surface area contributed by atoms with Crippen molar-refractivity contribution in [3.05, 3.63) is 94.5 Å². The van der Waals surface area contributed by atoms with Crippen molar-refractivity contribution in [3.8, 4) is 34.5 Å². The molecular weight excluding hydrogens is 516 g/mol. The molecule has 3 heterocycles. The van der Waals surface area contributed by atoms with Crippen molar-refractivity contribution in [2.75, 3.05) is 20.2 Å². The second-order valence-electron chi connectivity index (χ2n) is 9.29. The van der Waals surface area contributed by atoms with Crippen molar-refractivity contribution < 1.29 is 10.2 Å². The number of halogens is 1. The molecule has 202 valence electrons. The van der Waals surface area contributed by atoms with E-state index in [1.54, 1.807) is 36.7 Å². The lowest BCUT2D eigenvalue weighted by Gasteiger charge is -2.32. The van der Waals surface area contributed by atoms with E-state index in [1.165, 1.54) is 23.6 Å². The predicted molar refractivity (Wildman–Crippen MR) is 152 cm³/mol. The highest BCUT2D eigenvalue weighted by Crippen LogP contribution is 2.21. The van der Waals surface area contributed by atoms with Crippen LogP contribution in [0.15, 0.2) is 77.9 Å². The summed E-state index contributed by atoms with van der Waals surface area (Å²) < 4.78 is 7.38. The van der Waals surface area contributed by atoms with Gasteiger partial charge < -0.3 is 15.1 Å². The number of nitriles is 1. The van der Waals surface area contributed by atoms with E-state index in [0.717, 1.165) is 29.7 Å². The summed E-state index contributed by atoms with van der Waals surface area (Å²) >= 11 is 0. The van der Waals surface area contributed by atoms with Gasteiger partial charge in [-0.25, -0.2) is 14.6 Å². The Morgan fingerprint density at radius 3 is 2.56 bits per heavy atom. The number of rotatable bonds is 7. The van der Waals surface area contributed by atoms with Gasteiger partial charge in [-0.1, -0.05) is 36.8 Å². The zero-order valence-corrected chi connectivity index (χ0v) is 22.5. The molecule has 2 aromatic carbocycles. The molecule has 0 saturated carbocycles. The van der Waals surface area contributed by atoms with Gasteiger partial charge in [0.2, 0.25) is 0 Å². The highest BCUT2D eigenvalue weighted by molar-refractivity contribution is 5.85. The van der Waals surface area contributed by atoms with Crippen LogP contribution in [0.5, 0.6) is 5.75 Å². The summed E-state index contributed by atoms with van der Waals surface area (Å²) in [6, 6.07) is 20.7. The van der Waals surface area contributed by atoms with Crippen LogP contribution in [0, 0.1) is 11.3 Å². The van der Waals surface area contributed by atoms with Crippen LogP contribution in [0.4, 0.5) is 0 Å². The molecule has 1 aliphatic heterocycles. The standard InChI is InChI=1S/C29H28N6O2.ClH.H2O/c1-34-13-3-2-10-25(34)20-37-26-17-31-29(32-18-26)24-9-5-7-22(15-24)19-35-28(36)12-11-27(33-35)23-8-4-6-21(14-23)16-30;;/h4-9,11-12,14-15,17-18,25H,2-3,10,13,19-20H2,1H3;1H;1H2. The average molecular weight is 547 g/mol. The Morgan fingerprint density at radius 1 is 1.03 bits per heavy atom. The van der Waals surface area contributed by atoms with Gasteiger partial charge in [-0.15, -0.1) is 12.4 Å². The largest absolute Gasteiger partial charge is 0.489 e. The van der Waals surface area contributed by atoms with Crippen molar-refractivity contribution in [2.24, 2.45) is 0 Å². The number of nitrogens with zero attached hydrogens (tertiary/aromatic N) is 6. The molecule has 9 nitrogen and oxygen atoms in total. The van der Waals surface area contributed by atoms with Gasteiger partial charge in [-0.3, -0.25) is 4.79 Å². The maximum atomic E-state index is 12.5. The summed E-state index contributed by atoms with van der Waals surface area (Å²) in [6.07, 6.45) is 7.06. The zero-order chi connectivity index (χ0) is 25.6. The van der Waals surface area contributed by atoms with Crippen molar-refractivity contribution >= 4 is 12.4 Å². The lowest BCUT2D eigenvalue weighted by atomic mass is 10.0. The number of hydrogen-bond donors (Lipinski definition) is 0. The van der Waals surface area contributed by atoms with Gasteiger partial charge in [-0.2, -0.15) is 10.4 Å². The van der Waals surface area contributed by atoms with Crippen molar-refractivity contribution in [1.82, 2.24) is 24.6 Å². The number of likely N-dealkylation sites (tertiary alicyclic amines) is 1. The SMILES string of the molecule is CN1CCCCC1COc1cnc(-c2cccc(Cn3nc(-c4cccc(C#N)c4)ccc3=O)c2)nc1.Cl.O. The van der Waals surface area contributed by atoms with Crippen LogP contribution in [0.1, 0.15) is 30.4 Å². The number of likely N-dealkylation sites (N-methyl/N-ethyl adjacent to an activating group) is 1. The van der Waals surface area contributed by atoms with Gasteiger partial charge in [0.15, 0.2) is 11.6 Å². The quantitative estimate of drug-likeness (QED) is 0.345. The number of piperidine rings is 1. The molecular formula is C29H31ClN6O3. The second kappa shape index (κ2) is 13.6. The van der Waals surface area contributed by atoms with E-state index < -0.39 is 0 Å². The molecule has 39 heavy (non-hydrogen) atoms. The molecule has 4 aromatic rings. The van der Waals surface area contributed by atoms with Crippen LogP contribution in [0.25, 0.3) is 22.6 Å². The zero-order valence-electron chi connectivity index (χ0n) is 21.7. The molecule has 1 unspecified atom stereocenters. The number of hydrogen-bond acceptors (Lipinski definition) is 7. The summed E-state index contributed by atoms with van der Waals surface area (Å²) in [7, 11) is 2.14. The maximum absolute atomic E-state index is 12.5. The minimum absolute atomic E-state index is 0. The third kappa shape index (κ3) is 7.27. The number of ether oxygens (including phenoxy) is 1. The van der Waals surface area contributed by atoms with Gasteiger partial charge >= 0.3 is 0 Å². The molecule has 1 fully saturated rings. The van der Waals surface area contributed by atoms with Crippen LogP contribution in [-0.4, -0.2) is 56.4 Å². The summed E-state index contributed by atoms with van der Waals surface area (Å²) in [4.78, 5) is 23.9. The second-order valence-corrected chi connectivity index (χ2v) is 9.29. The van der Waals surface area contributed by atoms with E-state index in [-0.39, 0.29) is 23.4 Å². The summed E-state index contributed by atoms with van der Waals surface area (Å²) in [5, 5.41) is 13.7. The summed E-state index contributed by atoms with van der Waals surface area (Å²) in [5.74, 6) is 1.25. The Kier molecular flexibility index (Phi) is 10.3. The Balaban J connectivity index is 0.00000210. The first-order valence-electron chi connectivity index (χ1n) is 12.4. The first kappa shape index (κ1) is 29.5. The fourth-order valence-corrected chi connectivity index (χ4v) is 4.53. The van der Waals surface area contributed by atoms with Crippen LogP contribution in [-0.2, 0) is 6.54 Å². The van der Waals surface area contributed by atoms with E-state index in [4.69, 9.17) is 4.74 Å². The Hall–Kier alpha value is -4.10. The number of benzene rings is 2. The fourth-order valence-electron chi connectivity index (χ4n) is 4.53. The highest BCUT2D eigenvalue weighted by Gasteiger charge is 2.19. The molecule has 2 N–H and O–H groups in total. The molecule has 0 spiro atoms. The first-order chi connectivity index (χ1) is 18.1. The van der Waals surface area contributed by atoms with Gasteiger partial charge in [0, 0.05) is 23.2 Å². The van der Waals surface area contributed by atoms with Crippen molar-refractivity contribution in [3.63, 3.8) is 0 Å². The fraction of sp³-hybridized carbons (Fsp3) is 0.276. The molecule has 2 aromatic heterocycles. The molecule has 0 radical (unpaired) electrons. The summed E-state index contributed by atoms with van der Waals surface area (Å²) in [5.41, 5.74) is 3.51.